The number of aryl methyl sites for hydroxylation is 1. The van der Waals surface area contributed by atoms with E-state index in [4.69, 9.17) is 4.74 Å². The average molecular weight is 235 g/mol. The van der Waals surface area contributed by atoms with Gasteiger partial charge in [-0.25, -0.2) is 0 Å². The zero-order chi connectivity index (χ0) is 12.5. The molecule has 0 bridgehead atoms. The fourth-order valence-corrected chi connectivity index (χ4v) is 1.90. The molecule has 1 aliphatic heterocycles. The van der Waals surface area contributed by atoms with Crippen molar-refractivity contribution in [2.75, 3.05) is 26.3 Å². The Morgan fingerprint density at radius 3 is 2.06 bits per heavy atom. The third-order valence-corrected chi connectivity index (χ3v) is 2.94. The van der Waals surface area contributed by atoms with Crippen LogP contribution in [0.25, 0.3) is 0 Å². The Morgan fingerprint density at radius 1 is 1.00 bits per heavy atom. The van der Waals surface area contributed by atoms with E-state index in [2.05, 4.69) is 36.1 Å². The van der Waals surface area contributed by atoms with E-state index >= 15 is 0 Å². The molecule has 2 rings (SSSR count). The molecule has 0 N–H and O–H groups in total. The second kappa shape index (κ2) is 8.26. The molecular weight excluding hydrogens is 210 g/mol. The van der Waals surface area contributed by atoms with Crippen LogP contribution in [-0.2, 0) is 17.7 Å². The number of nitrogens with zero attached hydrogens (tertiary/aromatic N) is 1. The molecule has 0 radical (unpaired) electrons. The lowest BCUT2D eigenvalue weighted by atomic mass is 10.1. The van der Waals surface area contributed by atoms with E-state index in [9.17, 15) is 0 Å². The Balaban J connectivity index is 0.000000686. The van der Waals surface area contributed by atoms with E-state index in [-0.39, 0.29) is 0 Å². The lowest BCUT2D eigenvalue weighted by Crippen LogP contribution is -2.35. The molecule has 0 atom stereocenters. The van der Waals surface area contributed by atoms with Gasteiger partial charge in [0.05, 0.1) is 13.2 Å². The van der Waals surface area contributed by atoms with E-state index < -0.39 is 0 Å². The van der Waals surface area contributed by atoms with Crippen molar-refractivity contribution in [2.24, 2.45) is 0 Å². The summed E-state index contributed by atoms with van der Waals surface area (Å²) in [7, 11) is 0. The Hall–Kier alpha value is -0.860. The molecule has 2 nitrogen and oxygen atoms in total. The van der Waals surface area contributed by atoms with Crippen LogP contribution in [0.4, 0.5) is 0 Å². The normalized spacial score (nSPS) is 16.2. The molecule has 0 saturated carbocycles. The van der Waals surface area contributed by atoms with Gasteiger partial charge in [0.15, 0.2) is 0 Å². The lowest BCUT2D eigenvalue weighted by molar-refractivity contribution is 0.0342. The largest absolute Gasteiger partial charge is 0.379 e. The van der Waals surface area contributed by atoms with E-state index in [1.54, 1.807) is 0 Å². The number of hydrogen-bond acceptors (Lipinski definition) is 2. The second-order valence-electron chi connectivity index (χ2n) is 4.06. The van der Waals surface area contributed by atoms with Crippen molar-refractivity contribution in [3.63, 3.8) is 0 Å². The first-order valence-corrected chi connectivity index (χ1v) is 6.76. The summed E-state index contributed by atoms with van der Waals surface area (Å²) in [6.07, 6.45) is 1.12. The monoisotopic (exact) mass is 235 g/mol. The van der Waals surface area contributed by atoms with Gasteiger partial charge in [0.2, 0.25) is 0 Å². The van der Waals surface area contributed by atoms with Gasteiger partial charge >= 0.3 is 0 Å². The quantitative estimate of drug-likeness (QED) is 0.798. The second-order valence-corrected chi connectivity index (χ2v) is 4.06. The third kappa shape index (κ3) is 4.88. The number of hydrogen-bond donors (Lipinski definition) is 0. The van der Waals surface area contributed by atoms with Gasteiger partial charge in [-0.15, -0.1) is 0 Å². The molecule has 1 heterocycles. The fourth-order valence-electron chi connectivity index (χ4n) is 1.90. The minimum Gasteiger partial charge on any atom is -0.379 e. The molecule has 1 aromatic rings. The topological polar surface area (TPSA) is 12.5 Å². The lowest BCUT2D eigenvalue weighted by Gasteiger charge is -2.26. The van der Waals surface area contributed by atoms with Crippen LogP contribution in [0.15, 0.2) is 24.3 Å². The fraction of sp³-hybridized carbons (Fsp3) is 0.600. The van der Waals surface area contributed by atoms with Crippen LogP contribution in [0.3, 0.4) is 0 Å². The van der Waals surface area contributed by atoms with Gasteiger partial charge in [-0.1, -0.05) is 45.0 Å². The molecule has 2 heteroatoms. The zero-order valence-electron chi connectivity index (χ0n) is 11.4. The van der Waals surface area contributed by atoms with E-state index in [1.165, 1.54) is 11.1 Å². The summed E-state index contributed by atoms with van der Waals surface area (Å²) >= 11 is 0. The van der Waals surface area contributed by atoms with Gasteiger partial charge in [0.25, 0.3) is 0 Å². The average Bonchev–Trinajstić information content (AvgIpc) is 2.43. The third-order valence-electron chi connectivity index (χ3n) is 2.94. The number of benzene rings is 1. The van der Waals surface area contributed by atoms with Crippen LogP contribution in [0.5, 0.6) is 0 Å². The summed E-state index contributed by atoms with van der Waals surface area (Å²) in [4.78, 5) is 2.45. The molecule has 0 amide bonds. The molecule has 0 aromatic heterocycles. The maximum atomic E-state index is 5.33. The number of rotatable bonds is 3. The Kier molecular flexibility index (Phi) is 6.90. The Morgan fingerprint density at radius 2 is 1.53 bits per heavy atom. The molecule has 1 fully saturated rings. The first-order valence-electron chi connectivity index (χ1n) is 6.76. The van der Waals surface area contributed by atoms with E-state index in [0.29, 0.717) is 0 Å². The Labute approximate surface area is 106 Å². The van der Waals surface area contributed by atoms with Crippen molar-refractivity contribution < 1.29 is 4.74 Å². The molecule has 0 aliphatic carbocycles. The van der Waals surface area contributed by atoms with Crippen molar-refractivity contribution >= 4 is 0 Å². The van der Waals surface area contributed by atoms with Gasteiger partial charge in [0.1, 0.15) is 0 Å². The predicted octanol–water partition coefficient (Wildman–Crippen LogP) is 3.11. The number of morpholine rings is 1. The van der Waals surface area contributed by atoms with Crippen LogP contribution in [0.2, 0.25) is 0 Å². The van der Waals surface area contributed by atoms with Crippen LogP contribution in [0, 0.1) is 0 Å². The van der Waals surface area contributed by atoms with Crippen molar-refractivity contribution in [1.82, 2.24) is 4.90 Å². The molecule has 0 spiro atoms. The van der Waals surface area contributed by atoms with Crippen LogP contribution < -0.4 is 0 Å². The van der Waals surface area contributed by atoms with Crippen LogP contribution in [0.1, 0.15) is 31.9 Å². The van der Waals surface area contributed by atoms with Crippen molar-refractivity contribution in [2.45, 2.75) is 33.7 Å². The maximum Gasteiger partial charge on any atom is 0.0594 e. The zero-order valence-corrected chi connectivity index (χ0v) is 11.4. The number of ether oxygens (including phenoxy) is 1. The van der Waals surface area contributed by atoms with E-state index in [1.807, 2.05) is 13.8 Å². The molecule has 1 saturated heterocycles. The van der Waals surface area contributed by atoms with Crippen LogP contribution in [-0.4, -0.2) is 31.2 Å². The SMILES string of the molecule is CC.CCc1ccc(CN2CCOCC2)cc1. The first-order chi connectivity index (χ1) is 8.38. The summed E-state index contributed by atoms with van der Waals surface area (Å²) in [5.41, 5.74) is 2.83. The highest BCUT2D eigenvalue weighted by Crippen LogP contribution is 2.09. The first kappa shape index (κ1) is 14.2. The predicted molar refractivity (Wildman–Crippen MR) is 73.3 cm³/mol. The summed E-state index contributed by atoms with van der Waals surface area (Å²) in [6.45, 7) is 11.1. The Bertz CT molecular complexity index is 288. The van der Waals surface area contributed by atoms with Crippen molar-refractivity contribution in [3.8, 4) is 0 Å². The smallest absolute Gasteiger partial charge is 0.0594 e. The summed E-state index contributed by atoms with van der Waals surface area (Å²) < 4.78 is 5.33. The summed E-state index contributed by atoms with van der Waals surface area (Å²) in [5, 5.41) is 0. The standard InChI is InChI=1S/C13H19NO.C2H6/c1-2-12-3-5-13(6-4-12)11-14-7-9-15-10-8-14;1-2/h3-6H,2,7-11H2,1H3;1-2H3. The molecule has 1 aromatic carbocycles. The van der Waals surface area contributed by atoms with Gasteiger partial charge in [-0.05, 0) is 17.5 Å². The van der Waals surface area contributed by atoms with E-state index in [0.717, 1.165) is 39.3 Å². The molecule has 1 aliphatic rings. The molecular formula is C15H25NO. The van der Waals surface area contributed by atoms with Gasteiger partial charge in [-0.3, -0.25) is 4.90 Å². The summed E-state index contributed by atoms with van der Waals surface area (Å²) in [5.74, 6) is 0. The van der Waals surface area contributed by atoms with Gasteiger partial charge in [0, 0.05) is 19.6 Å². The van der Waals surface area contributed by atoms with Crippen molar-refractivity contribution in [3.05, 3.63) is 35.4 Å². The van der Waals surface area contributed by atoms with Crippen LogP contribution >= 0.6 is 0 Å². The maximum absolute atomic E-state index is 5.33. The molecule has 0 unspecified atom stereocenters. The minimum absolute atomic E-state index is 0.882. The highest BCUT2D eigenvalue weighted by atomic mass is 16.5. The molecule has 96 valence electrons. The highest BCUT2D eigenvalue weighted by Gasteiger charge is 2.10. The minimum atomic E-state index is 0.882. The highest BCUT2D eigenvalue weighted by molar-refractivity contribution is 5.22. The van der Waals surface area contributed by atoms with Gasteiger partial charge in [-0.2, -0.15) is 0 Å². The van der Waals surface area contributed by atoms with Crippen molar-refractivity contribution in [1.29, 1.82) is 0 Å². The van der Waals surface area contributed by atoms with Gasteiger partial charge < -0.3 is 4.74 Å². The summed E-state index contributed by atoms with van der Waals surface area (Å²) in [6, 6.07) is 8.95. The molecule has 17 heavy (non-hydrogen) atoms.